The van der Waals surface area contributed by atoms with E-state index in [4.69, 9.17) is 16.9 Å². The topological polar surface area (TPSA) is 78.2 Å². The van der Waals surface area contributed by atoms with E-state index in [1.807, 2.05) is 36.4 Å². The lowest BCUT2D eigenvalue weighted by Crippen LogP contribution is -1.80. The molecule has 0 spiro atoms. The predicted octanol–water partition coefficient (Wildman–Crippen LogP) is 3.27. The average Bonchev–Trinajstić information content (AvgIpc) is 3.05. The number of H-pyrrole nitrogens is 1. The second-order valence-electron chi connectivity index (χ2n) is 4.04. The number of rotatable bonds is 2. The fourth-order valence-electron chi connectivity index (χ4n) is 1.79. The van der Waals surface area contributed by atoms with Gasteiger partial charge in [-0.1, -0.05) is 29.8 Å². The summed E-state index contributed by atoms with van der Waals surface area (Å²) in [6.45, 7) is 0. The van der Waals surface area contributed by atoms with Crippen LogP contribution in [0.15, 0.2) is 35.4 Å². The predicted molar refractivity (Wildman–Crippen MR) is 77.9 cm³/mol. The van der Waals surface area contributed by atoms with Crippen LogP contribution in [0.4, 0.5) is 0 Å². The Kier molecular flexibility index (Phi) is 3.46. The monoisotopic (exact) mass is 301 g/mol. The second kappa shape index (κ2) is 5.41. The molecule has 0 aliphatic heterocycles. The van der Waals surface area contributed by atoms with E-state index >= 15 is 0 Å². The lowest BCUT2D eigenvalue weighted by atomic mass is 10.1. The SMILES string of the molecule is N#Cc1n[nH]nc1-c1cc(C2=CC(Cl)=CCC=C2)ns1. The number of hydrogen-bond donors (Lipinski definition) is 1. The van der Waals surface area contributed by atoms with Crippen molar-refractivity contribution in [2.24, 2.45) is 0 Å². The van der Waals surface area contributed by atoms with Gasteiger partial charge in [-0.3, -0.25) is 0 Å². The van der Waals surface area contributed by atoms with Crippen LogP contribution in [0.3, 0.4) is 0 Å². The Morgan fingerprint density at radius 3 is 3.15 bits per heavy atom. The molecule has 98 valence electrons. The van der Waals surface area contributed by atoms with Gasteiger partial charge in [-0.05, 0) is 30.1 Å². The summed E-state index contributed by atoms with van der Waals surface area (Å²) in [5, 5.41) is 19.9. The first-order valence-corrected chi connectivity index (χ1v) is 6.95. The van der Waals surface area contributed by atoms with Crippen LogP contribution in [0.2, 0.25) is 0 Å². The van der Waals surface area contributed by atoms with Crippen molar-refractivity contribution in [3.63, 3.8) is 0 Å². The van der Waals surface area contributed by atoms with Gasteiger partial charge >= 0.3 is 0 Å². The minimum absolute atomic E-state index is 0.267. The number of allylic oxidation sites excluding steroid dienone is 6. The van der Waals surface area contributed by atoms with Crippen LogP contribution < -0.4 is 0 Å². The van der Waals surface area contributed by atoms with Gasteiger partial charge in [0, 0.05) is 10.6 Å². The number of nitrogens with one attached hydrogen (secondary N) is 1. The molecule has 2 aromatic rings. The van der Waals surface area contributed by atoms with Crippen LogP contribution in [-0.4, -0.2) is 19.8 Å². The molecule has 0 aromatic carbocycles. The number of nitriles is 1. The molecule has 0 radical (unpaired) electrons. The lowest BCUT2D eigenvalue weighted by molar-refractivity contribution is 0.937. The number of aromatic amines is 1. The van der Waals surface area contributed by atoms with Gasteiger partial charge in [0.05, 0.1) is 10.6 Å². The van der Waals surface area contributed by atoms with Gasteiger partial charge in [-0.15, -0.1) is 5.10 Å². The Balaban J connectivity index is 1.99. The van der Waals surface area contributed by atoms with Crippen LogP contribution in [0.25, 0.3) is 16.1 Å². The average molecular weight is 302 g/mol. The van der Waals surface area contributed by atoms with Gasteiger partial charge in [0.15, 0.2) is 5.69 Å². The van der Waals surface area contributed by atoms with Crippen LogP contribution in [-0.2, 0) is 0 Å². The standard InChI is InChI=1S/C13H8ClN5S/c14-9-4-2-1-3-8(5-9)10-6-12(20-18-10)13-11(7-15)16-19-17-13/h1,3-6H,2H2,(H,16,17,19). The summed E-state index contributed by atoms with van der Waals surface area (Å²) >= 11 is 7.35. The molecule has 5 nitrogen and oxygen atoms in total. The summed E-state index contributed by atoms with van der Waals surface area (Å²) < 4.78 is 4.39. The molecule has 0 atom stereocenters. The summed E-state index contributed by atoms with van der Waals surface area (Å²) in [6.07, 6.45) is 8.62. The Labute approximate surface area is 124 Å². The number of hydrogen-bond acceptors (Lipinski definition) is 5. The molecule has 20 heavy (non-hydrogen) atoms. The third-order valence-electron chi connectivity index (χ3n) is 2.73. The molecule has 0 amide bonds. The zero-order valence-electron chi connectivity index (χ0n) is 10.2. The summed E-state index contributed by atoms with van der Waals surface area (Å²) in [7, 11) is 0. The van der Waals surface area contributed by atoms with Crippen LogP contribution >= 0.6 is 23.1 Å². The Bertz CT molecular complexity index is 775. The maximum absolute atomic E-state index is 8.96. The molecule has 1 N–H and O–H groups in total. The normalized spacial score (nSPS) is 14.4. The van der Waals surface area contributed by atoms with Crippen LogP contribution in [0.1, 0.15) is 17.8 Å². The molecule has 2 aromatic heterocycles. The van der Waals surface area contributed by atoms with Gasteiger partial charge in [-0.2, -0.15) is 19.9 Å². The third-order valence-corrected chi connectivity index (χ3v) is 3.79. The van der Waals surface area contributed by atoms with Gasteiger partial charge in [-0.25, -0.2) is 0 Å². The molecule has 1 aliphatic carbocycles. The highest BCUT2D eigenvalue weighted by Gasteiger charge is 2.14. The van der Waals surface area contributed by atoms with Crippen LogP contribution in [0.5, 0.6) is 0 Å². The van der Waals surface area contributed by atoms with Crippen molar-refractivity contribution in [2.75, 3.05) is 0 Å². The van der Waals surface area contributed by atoms with Crippen molar-refractivity contribution in [1.29, 1.82) is 5.26 Å². The molecule has 0 saturated heterocycles. The second-order valence-corrected chi connectivity index (χ2v) is 5.28. The summed E-state index contributed by atoms with van der Waals surface area (Å²) in [4.78, 5) is 0.795. The van der Waals surface area contributed by atoms with Crippen molar-refractivity contribution in [1.82, 2.24) is 19.8 Å². The minimum Gasteiger partial charge on any atom is -0.196 e. The van der Waals surface area contributed by atoms with Crippen molar-refractivity contribution in [2.45, 2.75) is 6.42 Å². The van der Waals surface area contributed by atoms with E-state index in [1.54, 1.807) is 0 Å². The third kappa shape index (κ3) is 2.41. The maximum Gasteiger partial charge on any atom is 0.191 e. The molecular weight excluding hydrogens is 294 g/mol. The molecule has 7 heteroatoms. The number of halogens is 1. The summed E-state index contributed by atoms with van der Waals surface area (Å²) in [5.74, 6) is 0. The molecular formula is C13H8ClN5S. The number of nitrogens with zero attached hydrogens (tertiary/aromatic N) is 4. The maximum atomic E-state index is 8.96. The molecule has 2 heterocycles. The zero-order valence-corrected chi connectivity index (χ0v) is 11.7. The first-order valence-electron chi connectivity index (χ1n) is 5.80. The van der Waals surface area contributed by atoms with E-state index in [-0.39, 0.29) is 5.69 Å². The largest absolute Gasteiger partial charge is 0.196 e. The fourth-order valence-corrected chi connectivity index (χ4v) is 2.75. The molecule has 0 saturated carbocycles. The number of aromatic nitrogens is 4. The van der Waals surface area contributed by atoms with Crippen molar-refractivity contribution >= 4 is 28.7 Å². The molecule has 3 rings (SSSR count). The van der Waals surface area contributed by atoms with E-state index in [0.29, 0.717) is 10.7 Å². The van der Waals surface area contributed by atoms with E-state index in [2.05, 4.69) is 19.8 Å². The highest BCUT2D eigenvalue weighted by Crippen LogP contribution is 2.29. The van der Waals surface area contributed by atoms with E-state index < -0.39 is 0 Å². The first kappa shape index (κ1) is 12.8. The van der Waals surface area contributed by atoms with Crippen molar-refractivity contribution in [3.8, 4) is 16.6 Å². The van der Waals surface area contributed by atoms with Gasteiger partial charge < -0.3 is 0 Å². The molecule has 0 unspecified atom stereocenters. The summed E-state index contributed by atoms with van der Waals surface area (Å²) in [6, 6.07) is 3.88. The Hall–Kier alpha value is -2.23. The van der Waals surface area contributed by atoms with Crippen molar-refractivity contribution in [3.05, 3.63) is 46.8 Å². The minimum atomic E-state index is 0.267. The first-order chi connectivity index (χ1) is 9.78. The Morgan fingerprint density at radius 2 is 2.30 bits per heavy atom. The van der Waals surface area contributed by atoms with Gasteiger partial charge in [0.2, 0.25) is 0 Å². The molecule has 0 bridgehead atoms. The van der Waals surface area contributed by atoms with Crippen LogP contribution in [0, 0.1) is 11.3 Å². The summed E-state index contributed by atoms with van der Waals surface area (Å²) in [5.41, 5.74) is 2.54. The molecule has 1 aliphatic rings. The smallest absolute Gasteiger partial charge is 0.191 e. The molecule has 0 fully saturated rings. The lowest BCUT2D eigenvalue weighted by Gasteiger charge is -1.95. The quantitative estimate of drug-likeness (QED) is 0.923. The van der Waals surface area contributed by atoms with E-state index in [1.165, 1.54) is 11.5 Å². The highest BCUT2D eigenvalue weighted by molar-refractivity contribution is 7.09. The van der Waals surface area contributed by atoms with Gasteiger partial charge in [0.25, 0.3) is 0 Å². The zero-order chi connectivity index (χ0) is 13.9. The van der Waals surface area contributed by atoms with E-state index in [0.717, 1.165) is 22.6 Å². The highest BCUT2D eigenvalue weighted by atomic mass is 35.5. The Morgan fingerprint density at radius 1 is 1.40 bits per heavy atom. The van der Waals surface area contributed by atoms with E-state index in [9.17, 15) is 0 Å². The van der Waals surface area contributed by atoms with Gasteiger partial charge in [0.1, 0.15) is 11.8 Å². The van der Waals surface area contributed by atoms with Crippen molar-refractivity contribution < 1.29 is 0 Å². The fraction of sp³-hybridized carbons (Fsp3) is 0.0769.